The fourth-order valence-corrected chi connectivity index (χ4v) is 2.83. The van der Waals surface area contributed by atoms with Gasteiger partial charge in [0.15, 0.2) is 17.7 Å². The van der Waals surface area contributed by atoms with Gasteiger partial charge in [-0.2, -0.15) is 0 Å². The Balaban J connectivity index is 1.92. The number of esters is 1. The van der Waals surface area contributed by atoms with Gasteiger partial charge in [0.2, 0.25) is 0 Å². The minimum absolute atomic E-state index is 0.0161. The lowest BCUT2D eigenvalue weighted by molar-refractivity contribution is -0.155. The molecule has 0 unspecified atom stereocenters. The molecule has 0 aromatic heterocycles. The third-order valence-corrected chi connectivity index (χ3v) is 4.53. The Kier molecular flexibility index (Phi) is 6.89. The fraction of sp³-hybridized carbons (Fsp3) is 0.474. The van der Waals surface area contributed by atoms with E-state index in [4.69, 9.17) is 4.74 Å². The lowest BCUT2D eigenvalue weighted by Crippen LogP contribution is -2.44. The predicted octanol–water partition coefficient (Wildman–Crippen LogP) is 2.34. The monoisotopic (exact) mass is 411 g/mol. The molecule has 29 heavy (non-hydrogen) atoms. The van der Waals surface area contributed by atoms with Gasteiger partial charge in [0.25, 0.3) is 11.8 Å². The molecule has 2 atom stereocenters. The van der Waals surface area contributed by atoms with Gasteiger partial charge in [-0.25, -0.2) is 13.6 Å². The van der Waals surface area contributed by atoms with Crippen LogP contribution in [0.5, 0.6) is 0 Å². The highest BCUT2D eigenvalue weighted by molar-refractivity contribution is 6.08. The van der Waals surface area contributed by atoms with Crippen molar-refractivity contribution < 1.29 is 32.7 Å². The van der Waals surface area contributed by atoms with Crippen molar-refractivity contribution in [3.8, 4) is 0 Å². The molecule has 1 saturated heterocycles. The molecular formula is C19H23F2N3O5. The summed E-state index contributed by atoms with van der Waals surface area (Å²) in [5.74, 6) is -4.48. The zero-order valence-electron chi connectivity index (χ0n) is 16.4. The number of urea groups is 1. The maximum Gasteiger partial charge on any atom is 0.327 e. The number of rotatable bonds is 8. The highest BCUT2D eigenvalue weighted by Crippen LogP contribution is 2.23. The SMILES string of the molecule is CCCC[C@@]1(C)NC(=O)N(CC(=O)O[C@@H](C)C(=O)Nc2ccc(F)c(F)c2)C1=O. The molecule has 1 aliphatic rings. The van der Waals surface area contributed by atoms with E-state index in [1.807, 2.05) is 6.92 Å². The highest BCUT2D eigenvalue weighted by Gasteiger charge is 2.48. The topological polar surface area (TPSA) is 105 Å². The second-order valence-corrected chi connectivity index (χ2v) is 7.01. The normalized spacial score (nSPS) is 19.7. The van der Waals surface area contributed by atoms with Crippen LogP contribution in [0.15, 0.2) is 18.2 Å². The molecule has 0 radical (unpaired) electrons. The average Bonchev–Trinajstić information content (AvgIpc) is 2.86. The van der Waals surface area contributed by atoms with E-state index in [9.17, 15) is 28.0 Å². The van der Waals surface area contributed by atoms with E-state index < -0.39 is 53.6 Å². The number of carbonyl (C=O) groups excluding carboxylic acids is 4. The molecule has 8 nitrogen and oxygen atoms in total. The molecule has 1 aliphatic heterocycles. The van der Waals surface area contributed by atoms with E-state index in [0.717, 1.165) is 35.9 Å². The van der Waals surface area contributed by atoms with Crippen LogP contribution in [0.3, 0.4) is 0 Å². The molecule has 158 valence electrons. The van der Waals surface area contributed by atoms with Crippen LogP contribution < -0.4 is 10.6 Å². The molecule has 0 saturated carbocycles. The maximum atomic E-state index is 13.2. The van der Waals surface area contributed by atoms with Gasteiger partial charge in [0.1, 0.15) is 12.1 Å². The Bertz CT molecular complexity index is 832. The van der Waals surface area contributed by atoms with Gasteiger partial charge < -0.3 is 15.4 Å². The number of ether oxygens (including phenoxy) is 1. The Morgan fingerprint density at radius 1 is 1.28 bits per heavy atom. The molecule has 0 bridgehead atoms. The summed E-state index contributed by atoms with van der Waals surface area (Å²) >= 11 is 0. The first kappa shape index (κ1) is 22.3. The van der Waals surface area contributed by atoms with Crippen LogP contribution in [-0.4, -0.2) is 46.9 Å². The number of anilines is 1. The number of hydrogen-bond acceptors (Lipinski definition) is 5. The van der Waals surface area contributed by atoms with Crippen molar-refractivity contribution in [2.45, 2.75) is 51.7 Å². The number of nitrogens with one attached hydrogen (secondary N) is 2. The van der Waals surface area contributed by atoms with Crippen LogP contribution in [0.2, 0.25) is 0 Å². The second-order valence-electron chi connectivity index (χ2n) is 7.01. The van der Waals surface area contributed by atoms with Crippen molar-refractivity contribution in [3.63, 3.8) is 0 Å². The lowest BCUT2D eigenvalue weighted by Gasteiger charge is -2.21. The van der Waals surface area contributed by atoms with E-state index in [1.54, 1.807) is 6.92 Å². The number of carbonyl (C=O) groups is 4. The molecule has 1 fully saturated rings. The number of imide groups is 1. The van der Waals surface area contributed by atoms with E-state index in [1.165, 1.54) is 6.92 Å². The van der Waals surface area contributed by atoms with Crippen molar-refractivity contribution in [1.82, 2.24) is 10.2 Å². The zero-order chi connectivity index (χ0) is 21.8. The first-order valence-corrected chi connectivity index (χ1v) is 9.17. The van der Waals surface area contributed by atoms with Gasteiger partial charge in [-0.05, 0) is 32.4 Å². The summed E-state index contributed by atoms with van der Waals surface area (Å²) in [6, 6.07) is 2.07. The molecule has 4 amide bonds. The summed E-state index contributed by atoms with van der Waals surface area (Å²) in [5, 5.41) is 4.85. The first-order chi connectivity index (χ1) is 13.6. The third-order valence-electron chi connectivity index (χ3n) is 4.53. The number of benzene rings is 1. The van der Waals surface area contributed by atoms with Crippen LogP contribution in [0.25, 0.3) is 0 Å². The fourth-order valence-electron chi connectivity index (χ4n) is 2.83. The molecule has 1 aromatic rings. The zero-order valence-corrected chi connectivity index (χ0v) is 16.4. The van der Waals surface area contributed by atoms with E-state index in [2.05, 4.69) is 10.6 Å². The molecule has 0 aliphatic carbocycles. The van der Waals surface area contributed by atoms with Gasteiger partial charge in [-0.1, -0.05) is 19.8 Å². The largest absolute Gasteiger partial charge is 0.451 e. The number of unbranched alkanes of at least 4 members (excludes halogenated alkanes) is 1. The molecule has 2 N–H and O–H groups in total. The van der Waals surface area contributed by atoms with Crippen LogP contribution in [0.4, 0.5) is 19.3 Å². The van der Waals surface area contributed by atoms with E-state index in [0.29, 0.717) is 6.42 Å². The minimum Gasteiger partial charge on any atom is -0.451 e. The third kappa shape index (κ3) is 5.27. The summed E-state index contributed by atoms with van der Waals surface area (Å²) in [4.78, 5) is 49.5. The Morgan fingerprint density at radius 3 is 2.59 bits per heavy atom. The Hall–Kier alpha value is -3.04. The predicted molar refractivity (Wildman–Crippen MR) is 98.7 cm³/mol. The molecule has 1 heterocycles. The molecule has 10 heteroatoms. The summed E-state index contributed by atoms with van der Waals surface area (Å²) in [7, 11) is 0. The van der Waals surface area contributed by atoms with Crippen molar-refractivity contribution in [2.24, 2.45) is 0 Å². The van der Waals surface area contributed by atoms with Crippen molar-refractivity contribution in [3.05, 3.63) is 29.8 Å². The Labute approximate surface area is 166 Å². The van der Waals surface area contributed by atoms with E-state index in [-0.39, 0.29) is 5.69 Å². The number of nitrogens with zero attached hydrogens (tertiary/aromatic N) is 1. The number of hydrogen-bond donors (Lipinski definition) is 2. The van der Waals surface area contributed by atoms with Crippen molar-refractivity contribution in [1.29, 1.82) is 0 Å². The molecule has 2 rings (SSSR count). The molecule has 1 aromatic carbocycles. The number of amides is 4. The maximum absolute atomic E-state index is 13.2. The van der Waals surface area contributed by atoms with Crippen molar-refractivity contribution >= 4 is 29.5 Å². The Morgan fingerprint density at radius 2 is 1.97 bits per heavy atom. The molecular weight excluding hydrogens is 388 g/mol. The van der Waals surface area contributed by atoms with Gasteiger partial charge in [0.05, 0.1) is 0 Å². The van der Waals surface area contributed by atoms with Crippen LogP contribution in [-0.2, 0) is 19.1 Å². The van der Waals surface area contributed by atoms with Gasteiger partial charge in [0, 0.05) is 11.8 Å². The highest BCUT2D eigenvalue weighted by atomic mass is 19.2. The average molecular weight is 411 g/mol. The van der Waals surface area contributed by atoms with Crippen molar-refractivity contribution in [2.75, 3.05) is 11.9 Å². The summed E-state index contributed by atoms with van der Waals surface area (Å²) in [6.07, 6.45) is 0.711. The first-order valence-electron chi connectivity index (χ1n) is 9.17. The van der Waals surface area contributed by atoms with Crippen LogP contribution in [0, 0.1) is 11.6 Å². The summed E-state index contributed by atoms with van der Waals surface area (Å²) < 4.78 is 31.1. The molecule has 0 spiro atoms. The minimum atomic E-state index is -1.29. The van der Waals surface area contributed by atoms with Crippen LogP contribution in [0.1, 0.15) is 40.0 Å². The van der Waals surface area contributed by atoms with Gasteiger partial charge >= 0.3 is 12.0 Å². The van der Waals surface area contributed by atoms with Gasteiger partial charge in [-0.15, -0.1) is 0 Å². The summed E-state index contributed by atoms with van der Waals surface area (Å²) in [5.41, 5.74) is -1.10. The van der Waals surface area contributed by atoms with Crippen LogP contribution >= 0.6 is 0 Å². The number of halogens is 2. The van der Waals surface area contributed by atoms with Gasteiger partial charge in [-0.3, -0.25) is 19.3 Å². The lowest BCUT2D eigenvalue weighted by atomic mass is 9.95. The standard InChI is InChI=1S/C19H23F2N3O5/c1-4-5-8-19(3)17(27)24(18(28)23-19)10-15(25)29-11(2)16(26)22-12-6-7-13(20)14(21)9-12/h6-7,9,11H,4-5,8,10H2,1-3H3,(H,22,26)(H,23,28)/t11-,19+/m0/s1. The van der Waals surface area contributed by atoms with E-state index >= 15 is 0 Å². The summed E-state index contributed by atoms with van der Waals surface area (Å²) in [6.45, 7) is 4.16. The smallest absolute Gasteiger partial charge is 0.327 e. The quantitative estimate of drug-likeness (QED) is 0.505. The second kappa shape index (κ2) is 8.97.